The molecule has 7 nitrogen and oxygen atoms in total. The van der Waals surface area contributed by atoms with Crippen molar-refractivity contribution in [3.05, 3.63) is 52.8 Å². The summed E-state index contributed by atoms with van der Waals surface area (Å²) in [6.45, 7) is 0.494. The van der Waals surface area contributed by atoms with Crippen LogP contribution in [0.3, 0.4) is 0 Å². The minimum atomic E-state index is -4.52. The number of aromatic nitrogens is 3. The molecule has 0 aliphatic carbocycles. The summed E-state index contributed by atoms with van der Waals surface area (Å²) >= 11 is 5.89. The fourth-order valence-electron chi connectivity index (χ4n) is 2.24. The number of guanidine groups is 1. The predicted molar refractivity (Wildman–Crippen MR) is 88.7 cm³/mol. The molecule has 0 amide bonds. The van der Waals surface area contributed by atoms with E-state index in [0.29, 0.717) is 18.3 Å². The van der Waals surface area contributed by atoms with Crippen molar-refractivity contribution < 1.29 is 17.6 Å². The van der Waals surface area contributed by atoms with Gasteiger partial charge in [-0.15, -0.1) is 10.2 Å². The molecule has 3 rings (SSSR count). The number of hydrogen-bond acceptors (Lipinski definition) is 4. The fourth-order valence-corrected chi connectivity index (χ4v) is 2.49. The van der Waals surface area contributed by atoms with Crippen molar-refractivity contribution in [1.82, 2.24) is 25.2 Å². The molecule has 0 radical (unpaired) electrons. The fraction of sp³-hybridized carbons (Fsp3) is 0.267. The summed E-state index contributed by atoms with van der Waals surface area (Å²) in [6.07, 6.45) is -2.05. The minimum absolute atomic E-state index is 0.0939. The molecule has 0 saturated carbocycles. The van der Waals surface area contributed by atoms with E-state index in [9.17, 15) is 13.2 Å². The maximum atomic E-state index is 13.0. The highest BCUT2D eigenvalue weighted by atomic mass is 35.5. The average molecular weight is 387 g/mol. The lowest BCUT2D eigenvalue weighted by atomic mass is 10.3. The average Bonchev–Trinajstić information content (AvgIpc) is 3.24. The lowest BCUT2D eigenvalue weighted by molar-refractivity contribution is -0.137. The monoisotopic (exact) mass is 386 g/mol. The van der Waals surface area contributed by atoms with Gasteiger partial charge < -0.3 is 15.1 Å². The van der Waals surface area contributed by atoms with E-state index in [-0.39, 0.29) is 23.0 Å². The number of fused-ring (bicyclic) bond motifs is 1. The third-order valence-corrected chi connectivity index (χ3v) is 3.78. The first-order valence-corrected chi connectivity index (χ1v) is 7.83. The Hall–Kier alpha value is -2.75. The zero-order valence-electron chi connectivity index (χ0n) is 13.5. The van der Waals surface area contributed by atoms with Crippen LogP contribution < -0.4 is 10.6 Å². The summed E-state index contributed by atoms with van der Waals surface area (Å²) in [5.74, 6) is 1.40. The van der Waals surface area contributed by atoms with Crippen LogP contribution in [-0.4, -0.2) is 27.6 Å². The molecule has 0 spiro atoms. The second-order valence-electron chi connectivity index (χ2n) is 5.24. The molecular weight excluding hydrogens is 373 g/mol. The first kappa shape index (κ1) is 18.1. The zero-order valence-corrected chi connectivity index (χ0v) is 14.3. The van der Waals surface area contributed by atoms with Crippen LogP contribution in [0.2, 0.25) is 5.02 Å². The summed E-state index contributed by atoms with van der Waals surface area (Å²) in [5.41, 5.74) is -0.730. The largest absolute Gasteiger partial charge is 0.467 e. The molecule has 0 aliphatic rings. The molecule has 0 aromatic carbocycles. The van der Waals surface area contributed by atoms with Crippen molar-refractivity contribution in [1.29, 1.82) is 0 Å². The van der Waals surface area contributed by atoms with Crippen LogP contribution in [0.4, 0.5) is 13.2 Å². The van der Waals surface area contributed by atoms with E-state index in [0.717, 1.165) is 12.3 Å². The highest BCUT2D eigenvalue weighted by Gasteiger charge is 2.32. The lowest BCUT2D eigenvalue weighted by Crippen LogP contribution is -2.36. The predicted octanol–water partition coefficient (Wildman–Crippen LogP) is 2.86. The van der Waals surface area contributed by atoms with E-state index >= 15 is 0 Å². The standard InChI is InChI=1S/C15H14ClF3N6O/c1-20-14(21-6-10-3-2-4-26-10)22-7-12-23-24-13-11(16)5-9(8-25(12)13)15(17,18)19/h2-5,8H,6-7H2,1H3,(H2,20,21,22). The minimum Gasteiger partial charge on any atom is -0.467 e. The Kier molecular flexibility index (Phi) is 5.03. The molecule has 0 fully saturated rings. The van der Waals surface area contributed by atoms with E-state index in [1.165, 1.54) is 4.40 Å². The van der Waals surface area contributed by atoms with Crippen LogP contribution in [0.15, 0.2) is 40.1 Å². The zero-order chi connectivity index (χ0) is 18.7. The molecule has 26 heavy (non-hydrogen) atoms. The van der Waals surface area contributed by atoms with Gasteiger partial charge in [-0.2, -0.15) is 13.2 Å². The SMILES string of the molecule is CN=C(NCc1ccco1)NCc1nnc2c(Cl)cc(C(F)(F)F)cn12. The van der Waals surface area contributed by atoms with Gasteiger partial charge in [-0.25, -0.2) is 0 Å². The number of rotatable bonds is 4. The molecular formula is C15H14ClF3N6O. The summed E-state index contributed by atoms with van der Waals surface area (Å²) in [4.78, 5) is 4.03. The Morgan fingerprint density at radius 2 is 2.08 bits per heavy atom. The third kappa shape index (κ3) is 3.90. The maximum absolute atomic E-state index is 13.0. The molecule has 0 saturated heterocycles. The van der Waals surface area contributed by atoms with Crippen molar-refractivity contribution >= 4 is 23.2 Å². The third-order valence-electron chi connectivity index (χ3n) is 3.51. The van der Waals surface area contributed by atoms with Gasteiger partial charge in [0.05, 0.1) is 29.9 Å². The second kappa shape index (κ2) is 7.24. The van der Waals surface area contributed by atoms with Gasteiger partial charge in [0, 0.05) is 13.2 Å². The van der Waals surface area contributed by atoms with Crippen molar-refractivity contribution in [2.45, 2.75) is 19.3 Å². The normalized spacial score (nSPS) is 12.6. The molecule has 11 heteroatoms. The van der Waals surface area contributed by atoms with Crippen LogP contribution >= 0.6 is 11.6 Å². The van der Waals surface area contributed by atoms with Gasteiger partial charge in [0.15, 0.2) is 17.4 Å². The Balaban J connectivity index is 1.74. The quantitative estimate of drug-likeness (QED) is 0.532. The Morgan fingerprint density at radius 3 is 2.73 bits per heavy atom. The molecule has 0 atom stereocenters. The number of aliphatic imine (C=N–C) groups is 1. The van der Waals surface area contributed by atoms with Crippen molar-refractivity contribution in [2.24, 2.45) is 4.99 Å². The molecule has 3 heterocycles. The van der Waals surface area contributed by atoms with Crippen molar-refractivity contribution in [3.63, 3.8) is 0 Å². The molecule has 3 aromatic rings. The van der Waals surface area contributed by atoms with E-state index in [1.54, 1.807) is 25.4 Å². The molecule has 138 valence electrons. The summed E-state index contributed by atoms with van der Waals surface area (Å²) in [7, 11) is 1.57. The van der Waals surface area contributed by atoms with Gasteiger partial charge in [0.25, 0.3) is 0 Å². The molecule has 3 aromatic heterocycles. The van der Waals surface area contributed by atoms with Crippen LogP contribution in [0.1, 0.15) is 17.1 Å². The van der Waals surface area contributed by atoms with E-state index in [1.807, 2.05) is 0 Å². The van der Waals surface area contributed by atoms with Gasteiger partial charge in [0.1, 0.15) is 5.76 Å². The number of hydrogen-bond donors (Lipinski definition) is 2. The summed E-state index contributed by atoms with van der Waals surface area (Å²) in [6, 6.07) is 4.39. The first-order chi connectivity index (χ1) is 12.4. The van der Waals surface area contributed by atoms with Gasteiger partial charge in [0.2, 0.25) is 0 Å². The Labute approximate surface area is 150 Å². The first-order valence-electron chi connectivity index (χ1n) is 7.45. The molecule has 2 N–H and O–H groups in total. The van der Waals surface area contributed by atoms with E-state index in [4.69, 9.17) is 16.0 Å². The number of furan rings is 1. The summed E-state index contributed by atoms with van der Waals surface area (Å²) < 4.78 is 45.3. The Bertz CT molecular complexity index is 919. The van der Waals surface area contributed by atoms with Crippen molar-refractivity contribution in [3.8, 4) is 0 Å². The van der Waals surface area contributed by atoms with Gasteiger partial charge in [-0.3, -0.25) is 9.39 Å². The van der Waals surface area contributed by atoms with E-state index in [2.05, 4.69) is 25.8 Å². The number of halogens is 4. The van der Waals surface area contributed by atoms with Crippen molar-refractivity contribution in [2.75, 3.05) is 7.05 Å². The summed E-state index contributed by atoms with van der Waals surface area (Å²) in [5, 5.41) is 13.6. The second-order valence-corrected chi connectivity index (χ2v) is 5.65. The highest BCUT2D eigenvalue weighted by molar-refractivity contribution is 6.33. The van der Waals surface area contributed by atoms with Crippen LogP contribution in [0.25, 0.3) is 5.65 Å². The highest BCUT2D eigenvalue weighted by Crippen LogP contribution is 2.32. The number of nitrogens with one attached hydrogen (secondary N) is 2. The molecule has 0 bridgehead atoms. The van der Waals surface area contributed by atoms with Crippen LogP contribution in [-0.2, 0) is 19.3 Å². The van der Waals surface area contributed by atoms with E-state index < -0.39 is 11.7 Å². The maximum Gasteiger partial charge on any atom is 0.417 e. The van der Waals surface area contributed by atoms with Crippen LogP contribution in [0.5, 0.6) is 0 Å². The number of alkyl halides is 3. The van der Waals surface area contributed by atoms with Gasteiger partial charge in [-0.05, 0) is 18.2 Å². The van der Waals surface area contributed by atoms with Crippen LogP contribution in [0, 0.1) is 0 Å². The lowest BCUT2D eigenvalue weighted by Gasteiger charge is -2.11. The smallest absolute Gasteiger partial charge is 0.417 e. The van der Waals surface area contributed by atoms with Gasteiger partial charge in [-0.1, -0.05) is 11.6 Å². The topological polar surface area (TPSA) is 79.8 Å². The molecule has 0 unspecified atom stereocenters. The molecule has 0 aliphatic heterocycles. The number of nitrogens with zero attached hydrogens (tertiary/aromatic N) is 4. The Morgan fingerprint density at radius 1 is 1.31 bits per heavy atom. The number of pyridine rings is 1. The van der Waals surface area contributed by atoms with Gasteiger partial charge >= 0.3 is 6.18 Å².